The highest BCUT2D eigenvalue weighted by atomic mass is 35.5. The summed E-state index contributed by atoms with van der Waals surface area (Å²) in [7, 11) is 0. The lowest BCUT2D eigenvalue weighted by molar-refractivity contribution is 0.0425. The van der Waals surface area contributed by atoms with Crippen molar-refractivity contribution in [1.82, 2.24) is 15.1 Å². The Kier molecular flexibility index (Phi) is 6.47. The first-order valence-electron chi connectivity index (χ1n) is 8.97. The quantitative estimate of drug-likeness (QED) is 0.256. The van der Waals surface area contributed by atoms with Crippen LogP contribution in [-0.2, 0) is 17.1 Å². The van der Waals surface area contributed by atoms with Gasteiger partial charge in [-0.2, -0.15) is 4.98 Å². The minimum Gasteiger partial charge on any atom is -0.452 e. The summed E-state index contributed by atoms with van der Waals surface area (Å²) in [4.78, 5) is 22.2. The standard InChI is InChI=1S/C21H16ClN3O3S2/c1-13-23-16(11-29-13)12-30-18-5-3-2-4-17(18)21(26)27-10-19-24-20(25-28-19)14-6-8-15(22)9-7-14/h2-9,11H,10,12H2,1H3. The lowest BCUT2D eigenvalue weighted by Gasteiger charge is -2.07. The number of esters is 1. The Labute approximate surface area is 186 Å². The van der Waals surface area contributed by atoms with Crippen molar-refractivity contribution in [1.29, 1.82) is 0 Å². The van der Waals surface area contributed by atoms with E-state index in [1.165, 1.54) is 0 Å². The number of nitrogens with zero attached hydrogens (tertiary/aromatic N) is 3. The molecule has 0 radical (unpaired) electrons. The molecule has 2 aromatic carbocycles. The van der Waals surface area contributed by atoms with Crippen LogP contribution in [0, 0.1) is 6.92 Å². The third-order valence-electron chi connectivity index (χ3n) is 4.05. The van der Waals surface area contributed by atoms with E-state index in [-0.39, 0.29) is 12.5 Å². The largest absolute Gasteiger partial charge is 0.452 e. The highest BCUT2D eigenvalue weighted by molar-refractivity contribution is 7.98. The van der Waals surface area contributed by atoms with E-state index in [4.69, 9.17) is 20.9 Å². The summed E-state index contributed by atoms with van der Waals surface area (Å²) in [5.41, 5.74) is 2.25. The molecule has 2 aromatic heterocycles. The number of benzene rings is 2. The Morgan fingerprint density at radius 2 is 1.97 bits per heavy atom. The minimum atomic E-state index is -0.446. The number of thioether (sulfide) groups is 1. The second kappa shape index (κ2) is 9.42. The van der Waals surface area contributed by atoms with Crippen molar-refractivity contribution in [2.45, 2.75) is 24.2 Å². The van der Waals surface area contributed by atoms with Gasteiger partial charge in [-0.1, -0.05) is 28.9 Å². The van der Waals surface area contributed by atoms with E-state index >= 15 is 0 Å². The molecule has 0 saturated heterocycles. The van der Waals surface area contributed by atoms with E-state index in [1.54, 1.807) is 59.5 Å². The molecule has 0 bridgehead atoms. The lowest BCUT2D eigenvalue weighted by Crippen LogP contribution is -2.07. The summed E-state index contributed by atoms with van der Waals surface area (Å²) < 4.78 is 10.6. The first-order valence-corrected chi connectivity index (χ1v) is 11.2. The predicted octanol–water partition coefficient (Wildman–Crippen LogP) is 5.80. The van der Waals surface area contributed by atoms with Crippen LogP contribution in [0.15, 0.2) is 63.3 Å². The third kappa shape index (κ3) is 5.08. The van der Waals surface area contributed by atoms with Crippen LogP contribution in [0.3, 0.4) is 0 Å². The number of thiazole rings is 1. The normalized spacial score (nSPS) is 10.9. The average Bonchev–Trinajstić information content (AvgIpc) is 3.40. The van der Waals surface area contributed by atoms with E-state index in [2.05, 4.69) is 15.1 Å². The van der Waals surface area contributed by atoms with E-state index in [1.807, 2.05) is 24.4 Å². The van der Waals surface area contributed by atoms with Crippen molar-refractivity contribution >= 4 is 40.7 Å². The van der Waals surface area contributed by atoms with Crippen LogP contribution in [0.1, 0.15) is 27.0 Å². The number of aromatic nitrogens is 3. The average molecular weight is 458 g/mol. The van der Waals surface area contributed by atoms with Crippen molar-refractivity contribution in [3.63, 3.8) is 0 Å². The highest BCUT2D eigenvalue weighted by Gasteiger charge is 2.16. The first-order chi connectivity index (χ1) is 14.6. The van der Waals surface area contributed by atoms with Gasteiger partial charge in [-0.05, 0) is 43.3 Å². The number of rotatable bonds is 7. The maximum atomic E-state index is 12.6. The minimum absolute atomic E-state index is 0.107. The number of aryl methyl sites for hydroxylation is 1. The van der Waals surface area contributed by atoms with E-state index in [0.29, 0.717) is 22.2 Å². The molecule has 0 N–H and O–H groups in total. The number of carbonyl (C=O) groups is 1. The topological polar surface area (TPSA) is 78.1 Å². The van der Waals surface area contributed by atoms with Gasteiger partial charge in [-0.15, -0.1) is 23.1 Å². The van der Waals surface area contributed by atoms with Crippen LogP contribution in [0.5, 0.6) is 0 Å². The molecule has 6 nitrogen and oxygen atoms in total. The number of carbonyl (C=O) groups excluding carboxylic acids is 1. The molecule has 152 valence electrons. The predicted molar refractivity (Wildman–Crippen MR) is 117 cm³/mol. The van der Waals surface area contributed by atoms with Crippen LogP contribution in [0.4, 0.5) is 0 Å². The van der Waals surface area contributed by atoms with Crippen molar-refractivity contribution in [3.8, 4) is 11.4 Å². The molecule has 0 spiro atoms. The molecule has 9 heteroatoms. The van der Waals surface area contributed by atoms with Crippen LogP contribution in [0.2, 0.25) is 5.02 Å². The number of hydrogen-bond acceptors (Lipinski definition) is 8. The van der Waals surface area contributed by atoms with Gasteiger partial charge < -0.3 is 9.26 Å². The smallest absolute Gasteiger partial charge is 0.339 e. The molecular formula is C21H16ClN3O3S2. The maximum absolute atomic E-state index is 12.6. The van der Waals surface area contributed by atoms with Gasteiger partial charge in [0.15, 0.2) is 6.61 Å². The van der Waals surface area contributed by atoms with Gasteiger partial charge in [-0.3, -0.25) is 0 Å². The van der Waals surface area contributed by atoms with Gasteiger partial charge in [0.25, 0.3) is 5.89 Å². The van der Waals surface area contributed by atoms with Gasteiger partial charge >= 0.3 is 5.97 Å². The zero-order valence-corrected chi connectivity index (χ0v) is 18.3. The van der Waals surface area contributed by atoms with Gasteiger partial charge in [0.05, 0.1) is 16.3 Å². The Bertz CT molecular complexity index is 1160. The van der Waals surface area contributed by atoms with Gasteiger partial charge in [0.2, 0.25) is 5.82 Å². The van der Waals surface area contributed by atoms with E-state index in [9.17, 15) is 4.79 Å². The number of hydrogen-bond donors (Lipinski definition) is 0. The summed E-state index contributed by atoms with van der Waals surface area (Å²) in [6, 6.07) is 14.4. The zero-order valence-electron chi connectivity index (χ0n) is 15.9. The number of ether oxygens (including phenoxy) is 1. The Morgan fingerprint density at radius 3 is 2.73 bits per heavy atom. The van der Waals surface area contributed by atoms with Crippen LogP contribution in [0.25, 0.3) is 11.4 Å². The van der Waals surface area contributed by atoms with Gasteiger partial charge in [0.1, 0.15) is 0 Å². The molecule has 0 amide bonds. The molecule has 0 aliphatic heterocycles. The Morgan fingerprint density at radius 1 is 1.17 bits per heavy atom. The summed E-state index contributed by atoms with van der Waals surface area (Å²) in [5, 5.41) is 7.59. The summed E-state index contributed by atoms with van der Waals surface area (Å²) in [6.45, 7) is 1.86. The molecule has 2 heterocycles. The molecule has 4 rings (SSSR count). The van der Waals surface area contributed by atoms with E-state index < -0.39 is 5.97 Å². The molecule has 4 aromatic rings. The summed E-state index contributed by atoms with van der Waals surface area (Å²) in [5.74, 6) is 0.866. The van der Waals surface area contributed by atoms with Crippen LogP contribution < -0.4 is 0 Å². The Balaban J connectivity index is 1.39. The molecule has 0 unspecified atom stereocenters. The molecule has 0 aliphatic carbocycles. The molecule has 30 heavy (non-hydrogen) atoms. The van der Waals surface area contributed by atoms with Crippen molar-refractivity contribution in [2.75, 3.05) is 0 Å². The third-order valence-corrected chi connectivity index (χ3v) is 6.23. The molecule has 0 aliphatic rings. The van der Waals surface area contributed by atoms with Crippen LogP contribution in [-0.4, -0.2) is 21.1 Å². The van der Waals surface area contributed by atoms with Crippen molar-refractivity contribution < 1.29 is 14.1 Å². The fourth-order valence-corrected chi connectivity index (χ4v) is 4.40. The first kappa shape index (κ1) is 20.6. The molecular weight excluding hydrogens is 442 g/mol. The second-order valence-electron chi connectivity index (χ2n) is 6.24. The van der Waals surface area contributed by atoms with Gasteiger partial charge in [-0.25, -0.2) is 9.78 Å². The molecule has 0 atom stereocenters. The zero-order chi connectivity index (χ0) is 20.9. The van der Waals surface area contributed by atoms with Gasteiger partial charge in [0, 0.05) is 26.6 Å². The second-order valence-corrected chi connectivity index (χ2v) is 8.75. The fourth-order valence-electron chi connectivity index (χ4n) is 2.62. The molecule has 0 fully saturated rings. The number of halogens is 1. The monoisotopic (exact) mass is 457 g/mol. The fraction of sp³-hybridized carbons (Fsp3) is 0.143. The maximum Gasteiger partial charge on any atom is 0.339 e. The van der Waals surface area contributed by atoms with Crippen LogP contribution >= 0.6 is 34.7 Å². The summed E-state index contributed by atoms with van der Waals surface area (Å²) >= 11 is 9.05. The lowest BCUT2D eigenvalue weighted by atomic mass is 10.2. The SMILES string of the molecule is Cc1nc(CSc2ccccc2C(=O)OCc2nc(-c3ccc(Cl)cc3)no2)cs1. The Hall–Kier alpha value is -2.68. The summed E-state index contributed by atoms with van der Waals surface area (Å²) in [6.07, 6.45) is 0. The van der Waals surface area contributed by atoms with Crippen molar-refractivity contribution in [2.24, 2.45) is 0 Å². The van der Waals surface area contributed by atoms with E-state index in [0.717, 1.165) is 21.2 Å². The van der Waals surface area contributed by atoms with Crippen molar-refractivity contribution in [3.05, 3.63) is 81.1 Å². The molecule has 0 saturated carbocycles. The highest BCUT2D eigenvalue weighted by Crippen LogP contribution is 2.27.